The number of nitrogens with zero attached hydrogens (tertiary/aromatic N) is 2. The summed E-state index contributed by atoms with van der Waals surface area (Å²) in [4.78, 5) is 15.2. The molecule has 0 radical (unpaired) electrons. The van der Waals surface area contributed by atoms with Gasteiger partial charge in [0.25, 0.3) is 0 Å². The van der Waals surface area contributed by atoms with Crippen LogP contribution in [0.1, 0.15) is 24.0 Å². The average Bonchev–Trinajstić information content (AvgIpc) is 3.11. The largest absolute Gasteiger partial charge is 0.497 e. The summed E-state index contributed by atoms with van der Waals surface area (Å²) in [5.74, 6) is 1.63. The van der Waals surface area contributed by atoms with E-state index in [-0.39, 0.29) is 11.8 Å². The third-order valence-electron chi connectivity index (χ3n) is 6.33. The van der Waals surface area contributed by atoms with Crippen LogP contribution in [0.5, 0.6) is 11.5 Å². The molecule has 1 aliphatic heterocycles. The third kappa shape index (κ3) is 4.87. The fraction of sp³-hybridized carbons (Fsp3) is 0.400. The van der Waals surface area contributed by atoms with Gasteiger partial charge < -0.3 is 19.4 Å². The van der Waals surface area contributed by atoms with Crippen LogP contribution < -0.4 is 14.8 Å². The number of piperidine rings is 1. The maximum absolute atomic E-state index is 12.8. The number of aromatic nitrogens is 1. The van der Waals surface area contributed by atoms with Gasteiger partial charge in [0.15, 0.2) is 0 Å². The van der Waals surface area contributed by atoms with Crippen LogP contribution in [0.25, 0.3) is 10.9 Å². The molecule has 0 spiro atoms. The van der Waals surface area contributed by atoms with Crippen molar-refractivity contribution < 1.29 is 14.3 Å². The number of carbonyl (C=O) groups excluding carboxylic acids is 1. The molecule has 0 aliphatic carbocycles. The molecule has 7 heteroatoms. The molecular formula is C25H30ClN3O3. The van der Waals surface area contributed by atoms with E-state index >= 15 is 0 Å². The molecule has 1 aromatic heterocycles. The predicted octanol–water partition coefficient (Wildman–Crippen LogP) is 4.38. The molecule has 4 rings (SSSR count). The topological polar surface area (TPSA) is 55.7 Å². The number of halogens is 1. The Bertz CT molecular complexity index is 1100. The molecule has 0 bridgehead atoms. The van der Waals surface area contributed by atoms with E-state index in [0.29, 0.717) is 6.54 Å². The van der Waals surface area contributed by atoms with Crippen LogP contribution in [0.3, 0.4) is 0 Å². The Morgan fingerprint density at radius 1 is 1.09 bits per heavy atom. The van der Waals surface area contributed by atoms with Crippen molar-refractivity contribution in [3.63, 3.8) is 0 Å². The molecule has 1 saturated heterocycles. The lowest BCUT2D eigenvalue weighted by atomic mass is 9.95. The normalized spacial score (nSPS) is 15.1. The van der Waals surface area contributed by atoms with Crippen LogP contribution in [0.4, 0.5) is 0 Å². The van der Waals surface area contributed by atoms with E-state index in [1.54, 1.807) is 14.2 Å². The minimum Gasteiger partial charge on any atom is -0.497 e. The molecule has 3 aromatic rings. The van der Waals surface area contributed by atoms with Crippen molar-refractivity contribution in [2.75, 3.05) is 27.3 Å². The second-order valence-corrected chi connectivity index (χ2v) is 8.81. The number of likely N-dealkylation sites (tertiary alicyclic amines) is 1. The summed E-state index contributed by atoms with van der Waals surface area (Å²) in [7, 11) is 5.32. The number of benzene rings is 2. The molecule has 2 heterocycles. The molecule has 0 saturated carbocycles. The number of methoxy groups -OCH3 is 2. The Hall–Kier alpha value is -2.70. The smallest absolute Gasteiger partial charge is 0.223 e. The Kier molecular flexibility index (Phi) is 6.92. The zero-order valence-corrected chi connectivity index (χ0v) is 19.6. The van der Waals surface area contributed by atoms with E-state index in [0.717, 1.165) is 54.6 Å². The van der Waals surface area contributed by atoms with Crippen molar-refractivity contribution in [2.24, 2.45) is 13.0 Å². The first-order valence-corrected chi connectivity index (χ1v) is 11.3. The standard InChI is InChI=1S/C25H30ClN3O3/c1-28-15-19(22-13-20(26)4-6-23(22)28)16-29-10-8-17(9-11-29)25(30)27-14-18-12-21(31-2)5-7-24(18)32-3/h4-7,12-13,15,17H,8-11,14,16H2,1-3H3,(H,27,30). The summed E-state index contributed by atoms with van der Waals surface area (Å²) < 4.78 is 12.8. The molecule has 6 nitrogen and oxygen atoms in total. The van der Waals surface area contributed by atoms with E-state index in [1.165, 1.54) is 16.5 Å². The summed E-state index contributed by atoms with van der Waals surface area (Å²) >= 11 is 6.22. The summed E-state index contributed by atoms with van der Waals surface area (Å²) in [5.41, 5.74) is 3.37. The lowest BCUT2D eigenvalue weighted by Gasteiger charge is -2.31. The van der Waals surface area contributed by atoms with Crippen molar-refractivity contribution in [2.45, 2.75) is 25.9 Å². The van der Waals surface area contributed by atoms with Gasteiger partial charge in [-0.05, 0) is 67.9 Å². The summed E-state index contributed by atoms with van der Waals surface area (Å²) in [6, 6.07) is 11.6. The SMILES string of the molecule is COc1ccc(OC)c(CNC(=O)C2CCN(Cc3cn(C)c4ccc(Cl)cc34)CC2)c1. The number of rotatable bonds is 7. The van der Waals surface area contributed by atoms with Gasteiger partial charge in [-0.2, -0.15) is 0 Å². The van der Waals surface area contributed by atoms with Gasteiger partial charge in [-0.1, -0.05) is 11.6 Å². The first kappa shape index (κ1) is 22.5. The lowest BCUT2D eigenvalue weighted by Crippen LogP contribution is -2.40. The molecule has 1 fully saturated rings. The highest BCUT2D eigenvalue weighted by molar-refractivity contribution is 6.31. The van der Waals surface area contributed by atoms with Crippen LogP contribution in [-0.2, 0) is 24.9 Å². The van der Waals surface area contributed by atoms with E-state index in [4.69, 9.17) is 21.1 Å². The number of carbonyl (C=O) groups is 1. The molecular weight excluding hydrogens is 426 g/mol. The zero-order chi connectivity index (χ0) is 22.7. The Morgan fingerprint density at radius 3 is 2.59 bits per heavy atom. The Labute approximate surface area is 194 Å². The maximum atomic E-state index is 12.8. The fourth-order valence-corrected chi connectivity index (χ4v) is 4.68. The van der Waals surface area contributed by atoms with Gasteiger partial charge in [-0.25, -0.2) is 0 Å². The minimum atomic E-state index is 0.0322. The Balaban J connectivity index is 1.32. The van der Waals surface area contributed by atoms with Gasteiger partial charge >= 0.3 is 0 Å². The van der Waals surface area contributed by atoms with Crippen molar-refractivity contribution in [3.8, 4) is 11.5 Å². The zero-order valence-electron chi connectivity index (χ0n) is 18.9. The van der Waals surface area contributed by atoms with E-state index < -0.39 is 0 Å². The summed E-state index contributed by atoms with van der Waals surface area (Å²) in [5, 5.41) is 5.04. The van der Waals surface area contributed by atoms with E-state index in [9.17, 15) is 4.79 Å². The molecule has 0 atom stereocenters. The molecule has 2 aromatic carbocycles. The van der Waals surface area contributed by atoms with Crippen molar-refractivity contribution in [1.82, 2.24) is 14.8 Å². The molecule has 170 valence electrons. The number of nitrogens with one attached hydrogen (secondary N) is 1. The Morgan fingerprint density at radius 2 is 1.88 bits per heavy atom. The molecule has 1 amide bonds. The number of hydrogen-bond donors (Lipinski definition) is 1. The van der Waals surface area contributed by atoms with Gasteiger partial charge in [0, 0.05) is 53.7 Å². The van der Waals surface area contributed by atoms with Gasteiger partial charge in [0.05, 0.1) is 14.2 Å². The van der Waals surface area contributed by atoms with Crippen molar-refractivity contribution in [1.29, 1.82) is 0 Å². The number of fused-ring (bicyclic) bond motifs is 1. The highest BCUT2D eigenvalue weighted by Crippen LogP contribution is 2.28. The van der Waals surface area contributed by atoms with Crippen LogP contribution in [0, 0.1) is 5.92 Å². The second kappa shape index (κ2) is 9.84. The average molecular weight is 456 g/mol. The number of amides is 1. The first-order chi connectivity index (χ1) is 15.5. The minimum absolute atomic E-state index is 0.0322. The highest BCUT2D eigenvalue weighted by atomic mass is 35.5. The van der Waals surface area contributed by atoms with Gasteiger partial charge in [-0.15, -0.1) is 0 Å². The van der Waals surface area contributed by atoms with E-state index in [2.05, 4.69) is 34.1 Å². The predicted molar refractivity (Wildman–Crippen MR) is 127 cm³/mol. The highest BCUT2D eigenvalue weighted by Gasteiger charge is 2.25. The number of hydrogen-bond acceptors (Lipinski definition) is 4. The monoisotopic (exact) mass is 455 g/mol. The second-order valence-electron chi connectivity index (χ2n) is 8.37. The van der Waals surface area contributed by atoms with Crippen LogP contribution >= 0.6 is 11.6 Å². The third-order valence-corrected chi connectivity index (χ3v) is 6.56. The van der Waals surface area contributed by atoms with Crippen molar-refractivity contribution in [3.05, 3.63) is 58.7 Å². The van der Waals surface area contributed by atoms with E-state index in [1.807, 2.05) is 30.3 Å². The molecule has 1 aliphatic rings. The lowest BCUT2D eigenvalue weighted by molar-refractivity contribution is -0.126. The van der Waals surface area contributed by atoms with Crippen molar-refractivity contribution >= 4 is 28.4 Å². The fourth-order valence-electron chi connectivity index (χ4n) is 4.51. The van der Waals surface area contributed by atoms with Gasteiger partial charge in [0.2, 0.25) is 5.91 Å². The first-order valence-electron chi connectivity index (χ1n) is 10.9. The molecule has 0 unspecified atom stereocenters. The molecule has 32 heavy (non-hydrogen) atoms. The summed E-state index contributed by atoms with van der Waals surface area (Å²) in [6.07, 6.45) is 3.89. The van der Waals surface area contributed by atoms with Gasteiger partial charge in [0.1, 0.15) is 11.5 Å². The van der Waals surface area contributed by atoms with Crippen LogP contribution in [-0.4, -0.2) is 42.7 Å². The maximum Gasteiger partial charge on any atom is 0.223 e. The van der Waals surface area contributed by atoms with Crippen LogP contribution in [0.2, 0.25) is 5.02 Å². The number of ether oxygens (including phenoxy) is 2. The molecule has 1 N–H and O–H groups in total. The van der Waals surface area contributed by atoms with Crippen LogP contribution in [0.15, 0.2) is 42.6 Å². The quantitative estimate of drug-likeness (QED) is 0.574. The summed E-state index contributed by atoms with van der Waals surface area (Å²) in [6.45, 7) is 3.10. The number of aryl methyl sites for hydroxylation is 1. The van der Waals surface area contributed by atoms with Gasteiger partial charge in [-0.3, -0.25) is 9.69 Å².